The Bertz CT molecular complexity index is 2840. The van der Waals surface area contributed by atoms with Gasteiger partial charge < -0.3 is 13.7 Å². The average Bonchev–Trinajstić information content (AvgIpc) is 3.76. The summed E-state index contributed by atoms with van der Waals surface area (Å²) in [6.45, 7) is 0. The fraction of sp³-hybridized carbons (Fsp3) is 0.0667. The van der Waals surface area contributed by atoms with Gasteiger partial charge in [0.05, 0.1) is 22.1 Å². The second-order valence-electron chi connectivity index (χ2n) is 13.0. The highest BCUT2D eigenvalue weighted by molar-refractivity contribution is 6.12. The van der Waals surface area contributed by atoms with Crippen molar-refractivity contribution in [2.75, 3.05) is 0 Å². The fourth-order valence-electron chi connectivity index (χ4n) is 8.07. The molecular formula is C45H33N3. The highest BCUT2D eigenvalue weighted by Crippen LogP contribution is 2.36. The van der Waals surface area contributed by atoms with Gasteiger partial charge >= 0.3 is 0 Å². The van der Waals surface area contributed by atoms with Crippen molar-refractivity contribution in [3.63, 3.8) is 0 Å². The van der Waals surface area contributed by atoms with Crippen LogP contribution < -0.4 is 0 Å². The number of hydrogen-bond acceptors (Lipinski definition) is 0. The maximum absolute atomic E-state index is 2.44. The molecule has 0 aliphatic heterocycles. The van der Waals surface area contributed by atoms with Crippen LogP contribution in [-0.4, -0.2) is 13.7 Å². The SMILES string of the molecule is Cn1c2ccccc2c2cc(-n3c4ccccc4c4cc(CCc5ccc6c(c5)c5ccccc5n6-c5ccccc5)ccc43)ccc21. The molecule has 0 amide bonds. The average molecular weight is 616 g/mol. The number of hydrogen-bond donors (Lipinski definition) is 0. The molecule has 7 aromatic carbocycles. The van der Waals surface area contributed by atoms with E-state index in [2.05, 4.69) is 178 Å². The lowest BCUT2D eigenvalue weighted by Crippen LogP contribution is -1.95. The van der Waals surface area contributed by atoms with Crippen LogP contribution >= 0.6 is 0 Å². The third-order valence-electron chi connectivity index (χ3n) is 10.3. The maximum Gasteiger partial charge on any atom is 0.0541 e. The molecule has 3 nitrogen and oxygen atoms in total. The molecular weight excluding hydrogens is 583 g/mol. The largest absolute Gasteiger partial charge is 0.344 e. The number of para-hydroxylation sites is 4. The molecule has 3 heterocycles. The minimum absolute atomic E-state index is 0.986. The molecule has 0 saturated heterocycles. The normalized spacial score (nSPS) is 12.0. The Hall–Kier alpha value is -6.06. The van der Waals surface area contributed by atoms with Crippen LogP contribution in [0, 0.1) is 0 Å². The van der Waals surface area contributed by atoms with E-state index < -0.39 is 0 Å². The number of rotatable bonds is 5. The van der Waals surface area contributed by atoms with Gasteiger partial charge in [0.1, 0.15) is 0 Å². The Labute approximate surface area is 278 Å². The highest BCUT2D eigenvalue weighted by atomic mass is 15.0. The number of aromatic nitrogens is 3. The molecule has 0 unspecified atom stereocenters. The highest BCUT2D eigenvalue weighted by Gasteiger charge is 2.16. The number of nitrogens with zero attached hydrogens (tertiary/aromatic N) is 3. The van der Waals surface area contributed by atoms with Crippen LogP contribution in [-0.2, 0) is 19.9 Å². The summed E-state index contributed by atoms with van der Waals surface area (Å²) in [5.74, 6) is 0. The Balaban J connectivity index is 1.04. The van der Waals surface area contributed by atoms with Crippen molar-refractivity contribution in [2.45, 2.75) is 12.8 Å². The predicted octanol–water partition coefficient (Wildman–Crippen LogP) is 11.3. The van der Waals surface area contributed by atoms with Gasteiger partial charge in [-0.3, -0.25) is 0 Å². The van der Waals surface area contributed by atoms with E-state index in [1.54, 1.807) is 0 Å². The Morgan fingerprint density at radius 2 is 0.750 bits per heavy atom. The monoisotopic (exact) mass is 615 g/mol. The molecule has 0 aliphatic rings. The summed E-state index contributed by atoms with van der Waals surface area (Å²) in [5, 5.41) is 7.80. The summed E-state index contributed by atoms with van der Waals surface area (Å²) in [6, 6.07) is 58.0. The number of aryl methyl sites for hydroxylation is 3. The molecule has 3 aromatic heterocycles. The van der Waals surface area contributed by atoms with Crippen LogP contribution in [0.5, 0.6) is 0 Å². The molecule has 10 rings (SSSR count). The minimum Gasteiger partial charge on any atom is -0.344 e. The van der Waals surface area contributed by atoms with Crippen molar-refractivity contribution in [1.29, 1.82) is 0 Å². The van der Waals surface area contributed by atoms with Gasteiger partial charge in [-0.1, -0.05) is 84.9 Å². The summed E-state index contributed by atoms with van der Waals surface area (Å²) in [7, 11) is 2.16. The van der Waals surface area contributed by atoms with Gasteiger partial charge in [-0.15, -0.1) is 0 Å². The van der Waals surface area contributed by atoms with Crippen LogP contribution in [0.25, 0.3) is 76.8 Å². The Morgan fingerprint density at radius 3 is 1.35 bits per heavy atom. The van der Waals surface area contributed by atoms with E-state index in [-0.39, 0.29) is 0 Å². The van der Waals surface area contributed by atoms with E-state index in [0.29, 0.717) is 0 Å². The van der Waals surface area contributed by atoms with Crippen molar-refractivity contribution in [1.82, 2.24) is 13.7 Å². The third-order valence-corrected chi connectivity index (χ3v) is 10.3. The first-order chi connectivity index (χ1) is 23.7. The zero-order chi connectivity index (χ0) is 31.8. The zero-order valence-corrected chi connectivity index (χ0v) is 26.8. The first-order valence-corrected chi connectivity index (χ1v) is 16.8. The summed E-state index contributed by atoms with van der Waals surface area (Å²) in [4.78, 5) is 0. The first-order valence-electron chi connectivity index (χ1n) is 16.8. The molecule has 10 aromatic rings. The molecule has 0 N–H and O–H groups in total. The molecule has 0 aliphatic carbocycles. The third kappa shape index (κ3) is 4.01. The van der Waals surface area contributed by atoms with E-state index >= 15 is 0 Å². The first kappa shape index (κ1) is 27.1. The van der Waals surface area contributed by atoms with Gasteiger partial charge in [-0.2, -0.15) is 0 Å². The fourth-order valence-corrected chi connectivity index (χ4v) is 8.07. The summed E-state index contributed by atoms with van der Waals surface area (Å²) in [6.07, 6.45) is 1.98. The van der Waals surface area contributed by atoms with Gasteiger partial charge in [-0.05, 0) is 96.8 Å². The number of benzene rings is 7. The van der Waals surface area contributed by atoms with Gasteiger partial charge in [0.15, 0.2) is 0 Å². The summed E-state index contributed by atoms with van der Waals surface area (Å²) < 4.78 is 7.12. The summed E-state index contributed by atoms with van der Waals surface area (Å²) in [5.41, 5.74) is 12.6. The smallest absolute Gasteiger partial charge is 0.0541 e. The number of fused-ring (bicyclic) bond motifs is 9. The molecule has 228 valence electrons. The van der Waals surface area contributed by atoms with Crippen molar-refractivity contribution >= 4 is 65.4 Å². The lowest BCUT2D eigenvalue weighted by Gasteiger charge is -2.10. The van der Waals surface area contributed by atoms with Crippen molar-refractivity contribution < 1.29 is 0 Å². The molecule has 0 radical (unpaired) electrons. The molecule has 0 atom stereocenters. The van der Waals surface area contributed by atoms with Crippen molar-refractivity contribution in [3.05, 3.63) is 169 Å². The van der Waals surface area contributed by atoms with Crippen molar-refractivity contribution in [3.8, 4) is 11.4 Å². The predicted molar refractivity (Wildman–Crippen MR) is 203 cm³/mol. The molecule has 48 heavy (non-hydrogen) atoms. The van der Waals surface area contributed by atoms with Gasteiger partial charge in [0.25, 0.3) is 0 Å². The van der Waals surface area contributed by atoms with Gasteiger partial charge in [0, 0.05) is 61.8 Å². The van der Waals surface area contributed by atoms with E-state index in [1.165, 1.54) is 87.9 Å². The minimum atomic E-state index is 0.986. The van der Waals surface area contributed by atoms with E-state index in [9.17, 15) is 0 Å². The van der Waals surface area contributed by atoms with Crippen LogP contribution in [0.1, 0.15) is 11.1 Å². The zero-order valence-electron chi connectivity index (χ0n) is 26.8. The maximum atomic E-state index is 2.44. The lowest BCUT2D eigenvalue weighted by molar-refractivity contribution is 0.964. The van der Waals surface area contributed by atoms with Crippen LogP contribution in [0.15, 0.2) is 158 Å². The standard InChI is InChI=1S/C45H33N3/c1-46-40-16-8-5-13-34(40)39-29-33(23-26-41(39)46)48-43-18-10-7-15-36(43)38-28-31(22-25-45(38)48)20-19-30-21-24-44-37(27-30)35-14-6-9-17-42(35)47(44)32-11-3-2-4-12-32/h2-18,21-29H,19-20H2,1H3. The molecule has 3 heteroatoms. The van der Waals surface area contributed by atoms with Crippen LogP contribution in [0.4, 0.5) is 0 Å². The van der Waals surface area contributed by atoms with Crippen LogP contribution in [0.3, 0.4) is 0 Å². The molecule has 0 fully saturated rings. The topological polar surface area (TPSA) is 14.8 Å². The molecule has 0 saturated carbocycles. The van der Waals surface area contributed by atoms with E-state index in [0.717, 1.165) is 12.8 Å². The lowest BCUT2D eigenvalue weighted by atomic mass is 10.0. The van der Waals surface area contributed by atoms with Gasteiger partial charge in [-0.25, -0.2) is 0 Å². The van der Waals surface area contributed by atoms with E-state index in [4.69, 9.17) is 0 Å². The van der Waals surface area contributed by atoms with E-state index in [1.807, 2.05) is 0 Å². The second-order valence-corrected chi connectivity index (χ2v) is 13.0. The second kappa shape index (κ2) is 10.5. The van der Waals surface area contributed by atoms with Crippen LogP contribution in [0.2, 0.25) is 0 Å². The molecule has 0 bridgehead atoms. The summed E-state index contributed by atoms with van der Waals surface area (Å²) >= 11 is 0. The van der Waals surface area contributed by atoms with Gasteiger partial charge in [0.2, 0.25) is 0 Å². The molecule has 0 spiro atoms. The Kier molecular flexibility index (Phi) is 5.91. The van der Waals surface area contributed by atoms with Crippen molar-refractivity contribution in [2.24, 2.45) is 7.05 Å². The Morgan fingerprint density at radius 1 is 0.333 bits per heavy atom. The quantitative estimate of drug-likeness (QED) is 0.183.